The highest BCUT2D eigenvalue weighted by atomic mass is 16.7. The second-order valence-electron chi connectivity index (χ2n) is 6.02. The Hall–Kier alpha value is -3.02. The summed E-state index contributed by atoms with van der Waals surface area (Å²) < 4.78 is 10.6. The van der Waals surface area contributed by atoms with E-state index >= 15 is 0 Å². The number of ether oxygens (including phenoxy) is 2. The summed E-state index contributed by atoms with van der Waals surface area (Å²) in [7, 11) is 0. The van der Waals surface area contributed by atoms with Crippen LogP contribution in [0, 0.1) is 0 Å². The molecule has 26 heavy (non-hydrogen) atoms. The number of carbonyl (C=O) groups is 2. The monoisotopic (exact) mass is 354 g/mol. The van der Waals surface area contributed by atoms with Crippen LogP contribution in [0.3, 0.4) is 0 Å². The van der Waals surface area contributed by atoms with Crippen molar-refractivity contribution in [1.29, 1.82) is 0 Å². The largest absolute Gasteiger partial charge is 0.454 e. The van der Waals surface area contributed by atoms with E-state index in [1.54, 1.807) is 23.1 Å². The molecule has 6 nitrogen and oxygen atoms in total. The summed E-state index contributed by atoms with van der Waals surface area (Å²) in [5.74, 6) is 1.00. The first kappa shape index (κ1) is 17.8. The highest BCUT2D eigenvalue weighted by Crippen LogP contribution is 2.35. The lowest BCUT2D eigenvalue weighted by Crippen LogP contribution is -2.32. The topological polar surface area (TPSA) is 67.9 Å². The van der Waals surface area contributed by atoms with E-state index in [9.17, 15) is 9.59 Å². The highest BCUT2D eigenvalue weighted by Gasteiger charge is 2.19. The first-order chi connectivity index (χ1) is 12.6. The molecule has 0 aromatic heterocycles. The molecule has 0 spiro atoms. The Morgan fingerprint density at radius 1 is 1.12 bits per heavy atom. The number of hydrogen-bond donors (Lipinski definition) is 1. The van der Waals surface area contributed by atoms with Crippen LogP contribution in [0.25, 0.3) is 0 Å². The SMILES string of the molecule is CCc1ccccc1NC(=O)CCN(C(C)=O)c1ccc2c(c1)OCO2. The van der Waals surface area contributed by atoms with Crippen molar-refractivity contribution in [2.75, 3.05) is 23.6 Å². The van der Waals surface area contributed by atoms with Crippen LogP contribution in [0.1, 0.15) is 25.8 Å². The van der Waals surface area contributed by atoms with E-state index in [2.05, 4.69) is 5.32 Å². The molecule has 1 N–H and O–H groups in total. The Kier molecular flexibility index (Phi) is 5.41. The number of carbonyl (C=O) groups excluding carboxylic acids is 2. The van der Waals surface area contributed by atoms with Crippen LogP contribution in [-0.2, 0) is 16.0 Å². The van der Waals surface area contributed by atoms with Crippen molar-refractivity contribution in [3.63, 3.8) is 0 Å². The van der Waals surface area contributed by atoms with E-state index in [4.69, 9.17) is 9.47 Å². The Labute approximate surface area is 152 Å². The van der Waals surface area contributed by atoms with Crippen molar-refractivity contribution >= 4 is 23.2 Å². The van der Waals surface area contributed by atoms with Gasteiger partial charge in [-0.05, 0) is 30.2 Å². The fraction of sp³-hybridized carbons (Fsp3) is 0.300. The molecule has 0 fully saturated rings. The maximum Gasteiger partial charge on any atom is 0.231 e. The van der Waals surface area contributed by atoms with E-state index in [-0.39, 0.29) is 31.6 Å². The molecule has 1 aliphatic rings. The number of nitrogens with zero attached hydrogens (tertiary/aromatic N) is 1. The van der Waals surface area contributed by atoms with Gasteiger partial charge in [0, 0.05) is 37.3 Å². The van der Waals surface area contributed by atoms with Gasteiger partial charge in [-0.2, -0.15) is 0 Å². The number of aryl methyl sites for hydroxylation is 1. The molecule has 1 heterocycles. The third-order valence-corrected chi connectivity index (χ3v) is 4.28. The van der Waals surface area contributed by atoms with Gasteiger partial charge in [0.25, 0.3) is 0 Å². The van der Waals surface area contributed by atoms with Crippen molar-refractivity contribution in [2.24, 2.45) is 0 Å². The number of para-hydroxylation sites is 1. The molecule has 0 radical (unpaired) electrons. The zero-order valence-electron chi connectivity index (χ0n) is 15.0. The number of rotatable bonds is 6. The quantitative estimate of drug-likeness (QED) is 0.864. The van der Waals surface area contributed by atoms with Crippen molar-refractivity contribution in [3.05, 3.63) is 48.0 Å². The van der Waals surface area contributed by atoms with E-state index in [0.29, 0.717) is 17.2 Å². The number of anilines is 2. The van der Waals surface area contributed by atoms with Crippen LogP contribution in [0.15, 0.2) is 42.5 Å². The molecule has 0 saturated carbocycles. The second kappa shape index (κ2) is 7.91. The first-order valence-corrected chi connectivity index (χ1v) is 8.64. The number of hydrogen-bond acceptors (Lipinski definition) is 4. The molecule has 0 bridgehead atoms. The van der Waals surface area contributed by atoms with Crippen molar-refractivity contribution in [3.8, 4) is 11.5 Å². The van der Waals surface area contributed by atoms with Crippen molar-refractivity contribution < 1.29 is 19.1 Å². The fourth-order valence-corrected chi connectivity index (χ4v) is 2.90. The molecule has 2 amide bonds. The molecule has 0 unspecified atom stereocenters. The molecule has 2 aromatic carbocycles. The molecular weight excluding hydrogens is 332 g/mol. The Balaban J connectivity index is 1.65. The molecule has 0 aliphatic carbocycles. The van der Waals surface area contributed by atoms with Gasteiger partial charge in [0.1, 0.15) is 0 Å². The summed E-state index contributed by atoms with van der Waals surface area (Å²) in [5.41, 5.74) is 2.58. The van der Waals surface area contributed by atoms with Crippen LogP contribution >= 0.6 is 0 Å². The van der Waals surface area contributed by atoms with Gasteiger partial charge in [0.05, 0.1) is 0 Å². The number of amides is 2. The zero-order valence-corrected chi connectivity index (χ0v) is 15.0. The van der Waals surface area contributed by atoms with Crippen LogP contribution in [0.2, 0.25) is 0 Å². The molecule has 0 atom stereocenters. The predicted octanol–water partition coefficient (Wildman–Crippen LogP) is 3.36. The smallest absolute Gasteiger partial charge is 0.231 e. The average molecular weight is 354 g/mol. The number of benzene rings is 2. The molecule has 2 aromatic rings. The third kappa shape index (κ3) is 3.96. The maximum absolute atomic E-state index is 12.3. The molecular formula is C20H22N2O4. The minimum Gasteiger partial charge on any atom is -0.454 e. The minimum atomic E-state index is -0.134. The minimum absolute atomic E-state index is 0.127. The fourth-order valence-electron chi connectivity index (χ4n) is 2.90. The van der Waals surface area contributed by atoms with Gasteiger partial charge in [0.15, 0.2) is 11.5 Å². The maximum atomic E-state index is 12.3. The normalized spacial score (nSPS) is 11.9. The van der Waals surface area contributed by atoms with Gasteiger partial charge >= 0.3 is 0 Å². The summed E-state index contributed by atoms with van der Waals surface area (Å²) in [6.45, 7) is 3.99. The standard InChI is InChI=1S/C20H22N2O4/c1-3-15-6-4-5-7-17(15)21-20(24)10-11-22(14(2)23)16-8-9-18-19(12-16)26-13-25-18/h4-9,12H,3,10-11,13H2,1-2H3,(H,21,24). The van der Waals surface area contributed by atoms with Crippen molar-refractivity contribution in [1.82, 2.24) is 0 Å². The Morgan fingerprint density at radius 3 is 2.65 bits per heavy atom. The van der Waals surface area contributed by atoms with Gasteiger partial charge in [-0.15, -0.1) is 0 Å². The van der Waals surface area contributed by atoms with E-state index in [1.807, 2.05) is 31.2 Å². The molecule has 3 rings (SSSR count). The molecule has 0 saturated heterocycles. The van der Waals surface area contributed by atoms with Gasteiger partial charge in [-0.25, -0.2) is 0 Å². The summed E-state index contributed by atoms with van der Waals surface area (Å²) in [6.07, 6.45) is 1.04. The average Bonchev–Trinajstić information content (AvgIpc) is 3.10. The van der Waals surface area contributed by atoms with Gasteiger partial charge in [-0.1, -0.05) is 25.1 Å². The summed E-state index contributed by atoms with van der Waals surface area (Å²) in [6, 6.07) is 13.0. The lowest BCUT2D eigenvalue weighted by Gasteiger charge is -2.21. The summed E-state index contributed by atoms with van der Waals surface area (Å²) in [5, 5.41) is 2.93. The van der Waals surface area contributed by atoms with Crippen LogP contribution in [0.5, 0.6) is 11.5 Å². The van der Waals surface area contributed by atoms with E-state index in [0.717, 1.165) is 17.7 Å². The Morgan fingerprint density at radius 2 is 1.88 bits per heavy atom. The van der Waals surface area contributed by atoms with E-state index < -0.39 is 0 Å². The van der Waals surface area contributed by atoms with Gasteiger partial charge < -0.3 is 19.7 Å². The third-order valence-electron chi connectivity index (χ3n) is 4.28. The van der Waals surface area contributed by atoms with Crippen LogP contribution in [0.4, 0.5) is 11.4 Å². The highest BCUT2D eigenvalue weighted by molar-refractivity contribution is 5.95. The van der Waals surface area contributed by atoms with Gasteiger partial charge in [-0.3, -0.25) is 9.59 Å². The van der Waals surface area contributed by atoms with Gasteiger partial charge in [0.2, 0.25) is 18.6 Å². The number of nitrogens with one attached hydrogen (secondary N) is 1. The predicted molar refractivity (Wildman–Crippen MR) is 99.7 cm³/mol. The second-order valence-corrected chi connectivity index (χ2v) is 6.02. The first-order valence-electron chi connectivity index (χ1n) is 8.64. The summed E-state index contributed by atoms with van der Waals surface area (Å²) in [4.78, 5) is 25.9. The Bertz CT molecular complexity index is 819. The van der Waals surface area contributed by atoms with Crippen LogP contribution < -0.4 is 19.7 Å². The molecule has 6 heteroatoms. The summed E-state index contributed by atoms with van der Waals surface area (Å²) >= 11 is 0. The lowest BCUT2D eigenvalue weighted by atomic mass is 10.1. The molecule has 1 aliphatic heterocycles. The lowest BCUT2D eigenvalue weighted by molar-refractivity contribution is -0.117. The van der Waals surface area contributed by atoms with Crippen LogP contribution in [-0.4, -0.2) is 25.2 Å². The van der Waals surface area contributed by atoms with E-state index in [1.165, 1.54) is 6.92 Å². The zero-order chi connectivity index (χ0) is 18.5. The number of fused-ring (bicyclic) bond motifs is 1. The molecule has 136 valence electrons. The van der Waals surface area contributed by atoms with Crippen molar-refractivity contribution in [2.45, 2.75) is 26.7 Å².